The minimum absolute atomic E-state index is 0.709. The lowest BCUT2D eigenvalue weighted by Crippen LogP contribution is -2.31. The number of para-hydroxylation sites is 6. The summed E-state index contributed by atoms with van der Waals surface area (Å²) in [6.07, 6.45) is 3.82. The van der Waals surface area contributed by atoms with Gasteiger partial charge in [0.1, 0.15) is 11.5 Å². The van der Waals surface area contributed by atoms with Gasteiger partial charge in [0.15, 0.2) is 0 Å². The van der Waals surface area contributed by atoms with Gasteiger partial charge in [-0.25, -0.2) is 4.98 Å². The molecule has 0 aliphatic rings. The van der Waals surface area contributed by atoms with Crippen molar-refractivity contribution in [3.8, 4) is 45.1 Å². The van der Waals surface area contributed by atoms with Crippen molar-refractivity contribution in [2.45, 2.75) is 0 Å². The van der Waals surface area contributed by atoms with E-state index in [4.69, 9.17) is 9.72 Å². The molecule has 0 bridgehead atoms. The second-order valence-electron chi connectivity index (χ2n) is 17.3. The van der Waals surface area contributed by atoms with E-state index < -0.39 is 0 Å². The van der Waals surface area contributed by atoms with Crippen molar-refractivity contribution in [1.82, 2.24) is 18.4 Å². The summed E-state index contributed by atoms with van der Waals surface area (Å²) >= 11 is 0. The lowest BCUT2D eigenvalue weighted by molar-refractivity contribution is -0.571. The maximum Gasteiger partial charge on any atom is 0.269 e. The van der Waals surface area contributed by atoms with Crippen LogP contribution in [0.2, 0.25) is 0 Å². The Hall–Kier alpha value is -9.26. The fourth-order valence-electron chi connectivity index (χ4n) is 10.5. The molecule has 318 valence electrons. The molecule has 0 aliphatic carbocycles. The number of fused-ring (bicyclic) bond motifs is 13. The van der Waals surface area contributed by atoms with E-state index in [0.717, 1.165) is 94.2 Å². The number of aromatic nitrogens is 5. The van der Waals surface area contributed by atoms with Gasteiger partial charge in [0.25, 0.3) is 6.33 Å². The molecule has 0 N–H and O–H groups in total. The lowest BCUT2D eigenvalue weighted by atomic mass is 9.95. The summed E-state index contributed by atoms with van der Waals surface area (Å²) in [5.74, 6) is 2.27. The Bertz CT molecular complexity index is 4300. The van der Waals surface area contributed by atoms with Crippen molar-refractivity contribution in [3.05, 3.63) is 243 Å². The normalized spacial score (nSPS) is 11.8. The van der Waals surface area contributed by atoms with Crippen molar-refractivity contribution in [2.24, 2.45) is 0 Å². The zero-order valence-corrected chi connectivity index (χ0v) is 36.7. The number of benzene rings is 10. The summed E-state index contributed by atoms with van der Waals surface area (Å²) in [6.45, 7) is 0. The van der Waals surface area contributed by atoms with Gasteiger partial charge in [0.2, 0.25) is 5.78 Å². The van der Waals surface area contributed by atoms with Crippen molar-refractivity contribution in [3.63, 3.8) is 0 Å². The predicted octanol–water partition coefficient (Wildman–Crippen LogP) is 15.1. The zero-order valence-electron chi connectivity index (χ0n) is 36.7. The number of hydrogen-bond acceptors (Lipinski definition) is 2. The first kappa shape index (κ1) is 38.1. The Labute approximate surface area is 390 Å². The van der Waals surface area contributed by atoms with Crippen LogP contribution in [0.5, 0.6) is 11.5 Å². The molecule has 0 fully saturated rings. The summed E-state index contributed by atoms with van der Waals surface area (Å²) in [5.41, 5.74) is 13.8. The Balaban J connectivity index is 0.979. The molecule has 0 unspecified atom stereocenters. The molecule has 0 saturated heterocycles. The Morgan fingerprint density at radius 3 is 1.69 bits per heavy atom. The van der Waals surface area contributed by atoms with Gasteiger partial charge in [0.05, 0.1) is 50.0 Å². The zero-order chi connectivity index (χ0) is 44.7. The van der Waals surface area contributed by atoms with E-state index in [9.17, 15) is 0 Å². The fourth-order valence-corrected chi connectivity index (χ4v) is 10.5. The largest absolute Gasteiger partial charge is 0.458 e. The lowest BCUT2D eigenvalue weighted by Gasteiger charge is -2.17. The Morgan fingerprint density at radius 2 is 0.956 bits per heavy atom. The number of ether oxygens (including phenoxy) is 1. The molecule has 14 aromatic rings. The van der Waals surface area contributed by atoms with Crippen molar-refractivity contribution < 1.29 is 9.30 Å². The molecule has 10 aromatic carbocycles. The molecular formula is C62H39N5O. The standard InChI is InChI=1S/C62H39N5O/c1-3-18-41(19-4-1)46-28-16-29-47(42-20-5-2-6-21-42)60(46)65-40-64(56-33-13-14-34-57(56)65)43-22-15-23-44(38-43)68-45-36-37-52-50-26-9-7-24-48(50)49-25-8-10-27-51(49)53-30-17-35-58-61(53)67(59(52)39-45)62-63-54-31-11-12-32-55(54)66(58)62/h1-39H. The van der Waals surface area contributed by atoms with Crippen LogP contribution in [0.15, 0.2) is 237 Å². The van der Waals surface area contributed by atoms with Gasteiger partial charge in [-0.2, -0.15) is 0 Å². The average Bonchev–Trinajstić information content (AvgIpc) is 4.09. The van der Waals surface area contributed by atoms with Crippen molar-refractivity contribution in [2.75, 3.05) is 0 Å². The Morgan fingerprint density at radius 1 is 0.397 bits per heavy atom. The van der Waals surface area contributed by atoms with Crippen LogP contribution in [0, 0.1) is 6.33 Å². The first-order valence-electron chi connectivity index (χ1n) is 23.0. The number of imidazole rings is 3. The van der Waals surface area contributed by atoms with Gasteiger partial charge < -0.3 is 4.74 Å². The van der Waals surface area contributed by atoms with E-state index in [1.165, 1.54) is 16.2 Å². The van der Waals surface area contributed by atoms with E-state index in [1.54, 1.807) is 0 Å². The summed E-state index contributed by atoms with van der Waals surface area (Å²) in [4.78, 5) is 5.34. The van der Waals surface area contributed by atoms with E-state index in [2.05, 4.69) is 255 Å². The van der Waals surface area contributed by atoms with Crippen LogP contribution >= 0.6 is 0 Å². The molecule has 0 spiro atoms. The highest BCUT2D eigenvalue weighted by molar-refractivity contribution is 6.21. The van der Waals surface area contributed by atoms with Crippen LogP contribution in [0.1, 0.15) is 0 Å². The van der Waals surface area contributed by atoms with Gasteiger partial charge in [-0.1, -0.05) is 182 Å². The molecule has 0 radical (unpaired) electrons. The maximum atomic E-state index is 6.97. The quantitative estimate of drug-likeness (QED) is 0.123. The van der Waals surface area contributed by atoms with Crippen LogP contribution in [0.3, 0.4) is 0 Å². The van der Waals surface area contributed by atoms with Crippen LogP contribution in [-0.2, 0) is 0 Å². The predicted molar refractivity (Wildman–Crippen MR) is 277 cm³/mol. The smallest absolute Gasteiger partial charge is 0.269 e. The molecule has 6 nitrogen and oxygen atoms in total. The number of hydrogen-bond donors (Lipinski definition) is 0. The van der Waals surface area contributed by atoms with Crippen LogP contribution in [-0.4, -0.2) is 18.4 Å². The second kappa shape index (κ2) is 15.2. The van der Waals surface area contributed by atoms with Crippen molar-refractivity contribution >= 4 is 76.7 Å². The van der Waals surface area contributed by atoms with Crippen LogP contribution < -0.4 is 9.30 Å². The molecule has 68 heavy (non-hydrogen) atoms. The first-order valence-corrected chi connectivity index (χ1v) is 23.0. The first-order chi connectivity index (χ1) is 33.7. The Kier molecular flexibility index (Phi) is 8.48. The fraction of sp³-hybridized carbons (Fsp3) is 0. The van der Waals surface area contributed by atoms with Gasteiger partial charge in [0, 0.05) is 16.8 Å². The second-order valence-corrected chi connectivity index (χ2v) is 17.3. The van der Waals surface area contributed by atoms with Gasteiger partial charge in [-0.3, -0.25) is 17.9 Å². The van der Waals surface area contributed by atoms with Crippen LogP contribution in [0.25, 0.3) is 110 Å². The third-order valence-corrected chi connectivity index (χ3v) is 13.5. The molecule has 4 aromatic heterocycles. The molecular weight excluding hydrogens is 831 g/mol. The highest BCUT2D eigenvalue weighted by atomic mass is 16.5. The average molecular weight is 870 g/mol. The van der Waals surface area contributed by atoms with E-state index in [0.29, 0.717) is 11.5 Å². The number of nitrogens with zero attached hydrogens (tertiary/aromatic N) is 5. The highest BCUT2D eigenvalue weighted by Gasteiger charge is 2.21. The van der Waals surface area contributed by atoms with Gasteiger partial charge in [-0.05, 0) is 92.3 Å². The monoisotopic (exact) mass is 869 g/mol. The minimum Gasteiger partial charge on any atom is -0.458 e. The number of rotatable bonds is 6. The molecule has 0 saturated carbocycles. The summed E-state index contributed by atoms with van der Waals surface area (Å²) < 4.78 is 16.0. The van der Waals surface area contributed by atoms with Crippen LogP contribution in [0.4, 0.5) is 0 Å². The topological polar surface area (TPSA) is 39.8 Å². The molecule has 0 aliphatic heterocycles. The molecule has 0 atom stereocenters. The summed E-state index contributed by atoms with van der Waals surface area (Å²) in [7, 11) is 0. The van der Waals surface area contributed by atoms with Crippen molar-refractivity contribution in [1.29, 1.82) is 0 Å². The van der Waals surface area contributed by atoms with E-state index >= 15 is 0 Å². The van der Waals surface area contributed by atoms with Gasteiger partial charge in [-0.15, -0.1) is 0 Å². The molecule has 4 heterocycles. The third kappa shape index (κ3) is 5.84. The summed E-state index contributed by atoms with van der Waals surface area (Å²) in [6, 6.07) is 83.6. The molecule has 14 rings (SSSR count). The maximum absolute atomic E-state index is 6.97. The molecule has 0 amide bonds. The highest BCUT2D eigenvalue weighted by Crippen LogP contribution is 2.39. The minimum atomic E-state index is 0.709. The van der Waals surface area contributed by atoms with Gasteiger partial charge >= 0.3 is 0 Å². The SMILES string of the molecule is [c-]1n(-c2cccc(Oc3ccc4c5ccccc5c5ccccc5c5cccc6c5n(c4c3)c3nc4ccccc4n63)c2)c2ccccc2[n+]1-c1c(-c2ccccc2)cccc1-c1ccccc1. The third-order valence-electron chi connectivity index (χ3n) is 13.5. The molecule has 6 heteroatoms. The summed E-state index contributed by atoms with van der Waals surface area (Å²) in [5, 5.41) is 6.90. The van der Waals surface area contributed by atoms with E-state index in [-0.39, 0.29) is 0 Å². The van der Waals surface area contributed by atoms with E-state index in [1.807, 2.05) is 6.07 Å².